The summed E-state index contributed by atoms with van der Waals surface area (Å²) in [5, 5.41) is 11.5. The molecule has 1 aromatic rings. The van der Waals surface area contributed by atoms with E-state index in [1.807, 2.05) is 6.19 Å². The molecule has 0 saturated carbocycles. The molecule has 0 radical (unpaired) electrons. The lowest BCUT2D eigenvalue weighted by Crippen LogP contribution is -2.16. The van der Waals surface area contributed by atoms with Crippen molar-refractivity contribution in [2.24, 2.45) is 4.99 Å². The van der Waals surface area contributed by atoms with Crippen molar-refractivity contribution in [1.29, 1.82) is 5.26 Å². The van der Waals surface area contributed by atoms with E-state index < -0.39 is 0 Å². The van der Waals surface area contributed by atoms with Gasteiger partial charge in [-0.1, -0.05) is 11.8 Å². The zero-order valence-electron chi connectivity index (χ0n) is 11.1. The van der Waals surface area contributed by atoms with Gasteiger partial charge in [0.15, 0.2) is 28.6 Å². The highest BCUT2D eigenvalue weighted by molar-refractivity contribution is 8.13. The molecule has 0 saturated heterocycles. The quantitative estimate of drug-likeness (QED) is 0.295. The van der Waals surface area contributed by atoms with Gasteiger partial charge in [0, 0.05) is 11.6 Å². The van der Waals surface area contributed by atoms with Crippen LogP contribution >= 0.6 is 11.8 Å². The van der Waals surface area contributed by atoms with Gasteiger partial charge in [-0.05, 0) is 19.2 Å². The van der Waals surface area contributed by atoms with Crippen LogP contribution in [0.1, 0.15) is 17.3 Å². The fraction of sp³-hybridized carbons (Fsp3) is 0.308. The molecule has 1 aromatic carbocycles. The first-order chi connectivity index (χ1) is 9.65. The molecule has 0 spiro atoms. The standard InChI is InChI=1S/C13H13N3O3S/c1-8(17)9-5-11-12(19-4-3-18-11)6-10(9)16-13(20-2)15-7-14/h5-6H,3-4H2,1-2H3,(H,15,16). The SMILES string of the molecule is CSC(=Nc1cc2c(cc1C(C)=O)OCCO2)NC#N. The van der Waals surface area contributed by atoms with E-state index in [4.69, 9.17) is 14.7 Å². The third-order valence-electron chi connectivity index (χ3n) is 2.62. The largest absolute Gasteiger partial charge is 0.486 e. The second kappa shape index (κ2) is 6.30. The molecule has 104 valence electrons. The van der Waals surface area contributed by atoms with Crippen molar-refractivity contribution in [3.8, 4) is 17.7 Å². The summed E-state index contributed by atoms with van der Waals surface area (Å²) in [5.74, 6) is 0.967. The Morgan fingerprint density at radius 2 is 2.05 bits per heavy atom. The van der Waals surface area contributed by atoms with E-state index in [2.05, 4.69) is 10.3 Å². The lowest BCUT2D eigenvalue weighted by Gasteiger charge is -2.19. The van der Waals surface area contributed by atoms with Gasteiger partial charge in [-0.3, -0.25) is 10.1 Å². The highest BCUT2D eigenvalue weighted by atomic mass is 32.2. The predicted molar refractivity (Wildman–Crippen MR) is 76.8 cm³/mol. The van der Waals surface area contributed by atoms with E-state index >= 15 is 0 Å². The number of nitrogens with one attached hydrogen (secondary N) is 1. The van der Waals surface area contributed by atoms with Gasteiger partial charge in [0.25, 0.3) is 0 Å². The number of ether oxygens (including phenoxy) is 2. The predicted octanol–water partition coefficient (Wildman–Crippen LogP) is 2.08. The summed E-state index contributed by atoms with van der Waals surface area (Å²) in [6, 6.07) is 3.28. The molecule has 0 amide bonds. The van der Waals surface area contributed by atoms with E-state index in [1.165, 1.54) is 18.7 Å². The Kier molecular flexibility index (Phi) is 4.48. The van der Waals surface area contributed by atoms with Gasteiger partial charge in [-0.15, -0.1) is 0 Å². The highest BCUT2D eigenvalue weighted by Crippen LogP contribution is 2.37. The maximum atomic E-state index is 11.7. The third kappa shape index (κ3) is 3.03. The summed E-state index contributed by atoms with van der Waals surface area (Å²) in [4.78, 5) is 16.0. The topological polar surface area (TPSA) is 83.7 Å². The van der Waals surface area contributed by atoms with Gasteiger partial charge in [0.2, 0.25) is 0 Å². The van der Waals surface area contributed by atoms with E-state index in [9.17, 15) is 4.79 Å². The van der Waals surface area contributed by atoms with Crippen LogP contribution in [-0.4, -0.2) is 30.4 Å². The lowest BCUT2D eigenvalue weighted by molar-refractivity contribution is 0.101. The van der Waals surface area contributed by atoms with Crippen LogP contribution in [0.15, 0.2) is 17.1 Å². The minimum atomic E-state index is -0.127. The maximum Gasteiger partial charge on any atom is 0.183 e. The van der Waals surface area contributed by atoms with Crippen LogP contribution < -0.4 is 14.8 Å². The summed E-state index contributed by atoms with van der Waals surface area (Å²) in [5.41, 5.74) is 0.884. The number of rotatable bonds is 2. The molecule has 1 N–H and O–H groups in total. The lowest BCUT2D eigenvalue weighted by atomic mass is 10.1. The summed E-state index contributed by atoms with van der Waals surface area (Å²) in [6.07, 6.45) is 3.59. The molecule has 0 atom stereocenters. The van der Waals surface area contributed by atoms with Gasteiger partial charge < -0.3 is 9.47 Å². The van der Waals surface area contributed by atoms with Crippen molar-refractivity contribution < 1.29 is 14.3 Å². The Hall–Kier alpha value is -2.20. The minimum Gasteiger partial charge on any atom is -0.486 e. The normalized spacial score (nSPS) is 13.6. The molecule has 20 heavy (non-hydrogen) atoms. The van der Waals surface area contributed by atoms with Crippen molar-refractivity contribution in [2.75, 3.05) is 19.5 Å². The molecule has 0 aromatic heterocycles. The van der Waals surface area contributed by atoms with Crippen molar-refractivity contribution in [3.05, 3.63) is 17.7 Å². The van der Waals surface area contributed by atoms with Crippen LogP contribution in [0, 0.1) is 11.5 Å². The van der Waals surface area contributed by atoms with Crippen LogP contribution in [0.5, 0.6) is 11.5 Å². The first-order valence-corrected chi connectivity index (χ1v) is 7.10. The highest BCUT2D eigenvalue weighted by Gasteiger charge is 2.18. The maximum absolute atomic E-state index is 11.7. The number of carbonyl (C=O) groups is 1. The fourth-order valence-electron chi connectivity index (χ4n) is 1.73. The molecule has 2 rings (SSSR count). The monoisotopic (exact) mass is 291 g/mol. The molecular formula is C13H13N3O3S. The summed E-state index contributed by atoms with van der Waals surface area (Å²) in [7, 11) is 0. The Bertz CT molecular complexity index is 608. The first-order valence-electron chi connectivity index (χ1n) is 5.88. The fourth-order valence-corrected chi connectivity index (χ4v) is 2.07. The smallest absolute Gasteiger partial charge is 0.183 e. The van der Waals surface area contributed by atoms with Crippen molar-refractivity contribution in [1.82, 2.24) is 5.32 Å². The van der Waals surface area contributed by atoms with Gasteiger partial charge in [-0.25, -0.2) is 4.99 Å². The first kappa shape index (κ1) is 14.2. The van der Waals surface area contributed by atoms with Gasteiger partial charge in [0.1, 0.15) is 13.2 Å². The summed E-state index contributed by atoms with van der Waals surface area (Å²) < 4.78 is 10.9. The van der Waals surface area contributed by atoms with Crippen LogP contribution in [0.3, 0.4) is 0 Å². The molecule has 0 aliphatic carbocycles. The number of aliphatic imine (C=N–C) groups is 1. The number of Topliss-reactive ketones (excluding diaryl/α,β-unsaturated/α-hetero) is 1. The molecule has 0 unspecified atom stereocenters. The summed E-state index contributed by atoms with van der Waals surface area (Å²) in [6.45, 7) is 2.38. The van der Waals surface area contributed by atoms with Crippen LogP contribution in [0.25, 0.3) is 0 Å². The Balaban J connectivity index is 2.50. The van der Waals surface area contributed by atoms with E-state index in [-0.39, 0.29) is 5.78 Å². The van der Waals surface area contributed by atoms with Gasteiger partial charge in [0.05, 0.1) is 5.69 Å². The Morgan fingerprint density at radius 3 is 2.60 bits per heavy atom. The number of carbonyl (C=O) groups excluding carboxylic acids is 1. The number of amidine groups is 1. The molecule has 0 fully saturated rings. The van der Waals surface area contributed by atoms with Crippen LogP contribution in [0.2, 0.25) is 0 Å². The molecular weight excluding hydrogens is 278 g/mol. The van der Waals surface area contributed by atoms with Crippen molar-refractivity contribution in [3.63, 3.8) is 0 Å². The number of hydrogen-bond acceptors (Lipinski definition) is 6. The van der Waals surface area contributed by atoms with Crippen LogP contribution in [-0.2, 0) is 0 Å². The average molecular weight is 291 g/mol. The number of nitrogens with zero attached hydrogens (tertiary/aromatic N) is 2. The Morgan fingerprint density at radius 1 is 1.40 bits per heavy atom. The van der Waals surface area contributed by atoms with E-state index in [0.29, 0.717) is 41.1 Å². The molecule has 7 heteroatoms. The van der Waals surface area contributed by atoms with Crippen molar-refractivity contribution in [2.45, 2.75) is 6.92 Å². The molecule has 0 bridgehead atoms. The third-order valence-corrected chi connectivity index (χ3v) is 3.20. The summed E-state index contributed by atoms with van der Waals surface area (Å²) >= 11 is 1.28. The Labute approximate surface area is 120 Å². The van der Waals surface area contributed by atoms with Crippen molar-refractivity contribution >= 4 is 28.4 Å². The number of thioether (sulfide) groups is 1. The zero-order chi connectivity index (χ0) is 14.5. The number of fused-ring (bicyclic) bond motifs is 1. The number of benzene rings is 1. The minimum absolute atomic E-state index is 0.127. The molecule has 1 aliphatic heterocycles. The number of nitriles is 1. The second-order valence-corrected chi connectivity index (χ2v) is 4.72. The number of hydrogen-bond donors (Lipinski definition) is 1. The molecule has 1 heterocycles. The number of ketones is 1. The van der Waals surface area contributed by atoms with Gasteiger partial charge in [-0.2, -0.15) is 5.26 Å². The average Bonchev–Trinajstić information content (AvgIpc) is 2.45. The molecule has 1 aliphatic rings. The van der Waals surface area contributed by atoms with Gasteiger partial charge >= 0.3 is 0 Å². The zero-order valence-corrected chi connectivity index (χ0v) is 11.9. The van der Waals surface area contributed by atoms with Crippen LogP contribution in [0.4, 0.5) is 5.69 Å². The van der Waals surface area contributed by atoms with E-state index in [1.54, 1.807) is 18.4 Å². The van der Waals surface area contributed by atoms with E-state index in [0.717, 1.165) is 0 Å². The second-order valence-electron chi connectivity index (χ2n) is 3.93. The molecule has 6 nitrogen and oxygen atoms in total.